The van der Waals surface area contributed by atoms with Gasteiger partial charge < -0.3 is 14.6 Å². The Kier molecular flexibility index (Phi) is 5.48. The van der Waals surface area contributed by atoms with Gasteiger partial charge in [0.05, 0.1) is 19.2 Å². The van der Waals surface area contributed by atoms with Crippen LogP contribution in [0.3, 0.4) is 0 Å². The number of esters is 1. The first kappa shape index (κ1) is 18.9. The van der Waals surface area contributed by atoms with Gasteiger partial charge in [-0.15, -0.1) is 0 Å². The topological polar surface area (TPSA) is 94.3 Å². The Bertz CT molecular complexity index is 810. The average Bonchev–Trinajstić information content (AvgIpc) is 3.14. The molecule has 1 heterocycles. The Morgan fingerprint density at radius 2 is 1.85 bits per heavy atom. The maximum atomic E-state index is 13.2. The van der Waals surface area contributed by atoms with Crippen LogP contribution in [0.5, 0.6) is 0 Å². The molecule has 0 unspecified atom stereocenters. The van der Waals surface area contributed by atoms with Crippen molar-refractivity contribution < 1.29 is 27.6 Å². The van der Waals surface area contributed by atoms with Gasteiger partial charge in [0.2, 0.25) is 11.8 Å². The molecule has 0 bridgehead atoms. The monoisotopic (exact) mass is 379 g/mol. The van der Waals surface area contributed by atoms with Crippen LogP contribution in [0.2, 0.25) is 0 Å². The molecule has 7 nitrogen and oxygen atoms in total. The van der Waals surface area contributed by atoms with Crippen molar-refractivity contribution in [2.24, 2.45) is 0 Å². The molecule has 1 aromatic heterocycles. The minimum Gasteiger partial charge on any atom is -0.465 e. The zero-order chi connectivity index (χ0) is 19.4. The van der Waals surface area contributed by atoms with E-state index < -0.39 is 11.9 Å². The summed E-state index contributed by atoms with van der Waals surface area (Å²) in [5.41, 5.74) is 0.700. The molecule has 0 atom stereocenters. The number of methoxy groups -OCH3 is 1. The van der Waals surface area contributed by atoms with Crippen LogP contribution in [-0.2, 0) is 11.3 Å². The SMILES string of the molecule is COC(=O)c1ccc(C(=O)NCc2nc(C3CCC(F)(F)CC3)no2)cc1. The van der Waals surface area contributed by atoms with Gasteiger partial charge >= 0.3 is 5.97 Å². The molecule has 1 aromatic carbocycles. The fourth-order valence-corrected chi connectivity index (χ4v) is 2.94. The Morgan fingerprint density at radius 3 is 2.48 bits per heavy atom. The molecular weight excluding hydrogens is 360 g/mol. The Labute approximate surface area is 154 Å². The molecule has 1 aliphatic rings. The van der Waals surface area contributed by atoms with E-state index >= 15 is 0 Å². The van der Waals surface area contributed by atoms with Gasteiger partial charge in [-0.1, -0.05) is 5.16 Å². The third kappa shape index (κ3) is 4.66. The smallest absolute Gasteiger partial charge is 0.337 e. The number of rotatable bonds is 5. The van der Waals surface area contributed by atoms with Crippen LogP contribution in [0.25, 0.3) is 0 Å². The lowest BCUT2D eigenvalue weighted by Gasteiger charge is -2.26. The Morgan fingerprint density at radius 1 is 1.22 bits per heavy atom. The summed E-state index contributed by atoms with van der Waals surface area (Å²) in [5.74, 6) is -3.01. The predicted molar refractivity (Wildman–Crippen MR) is 89.4 cm³/mol. The van der Waals surface area contributed by atoms with E-state index in [1.54, 1.807) is 0 Å². The summed E-state index contributed by atoms with van der Waals surface area (Å²) in [6.07, 6.45) is 0.259. The first-order valence-electron chi connectivity index (χ1n) is 8.55. The highest BCUT2D eigenvalue weighted by Gasteiger charge is 2.36. The lowest BCUT2D eigenvalue weighted by molar-refractivity contribution is -0.0389. The fourth-order valence-electron chi connectivity index (χ4n) is 2.94. The maximum absolute atomic E-state index is 13.2. The minimum atomic E-state index is -2.61. The van der Waals surface area contributed by atoms with E-state index in [0.29, 0.717) is 29.8 Å². The molecule has 9 heteroatoms. The number of nitrogens with zero attached hydrogens (tertiary/aromatic N) is 2. The van der Waals surface area contributed by atoms with E-state index in [-0.39, 0.29) is 37.1 Å². The number of amides is 1. The molecule has 1 aliphatic carbocycles. The number of hydrogen-bond donors (Lipinski definition) is 1. The molecule has 0 aliphatic heterocycles. The maximum Gasteiger partial charge on any atom is 0.337 e. The number of halogens is 2. The van der Waals surface area contributed by atoms with Gasteiger partial charge in [-0.05, 0) is 37.1 Å². The zero-order valence-corrected chi connectivity index (χ0v) is 14.7. The van der Waals surface area contributed by atoms with Gasteiger partial charge in [0.1, 0.15) is 0 Å². The number of carbonyl (C=O) groups is 2. The van der Waals surface area contributed by atoms with Gasteiger partial charge in [-0.25, -0.2) is 13.6 Å². The quantitative estimate of drug-likeness (QED) is 0.803. The average molecular weight is 379 g/mol. The van der Waals surface area contributed by atoms with Crippen molar-refractivity contribution in [3.63, 3.8) is 0 Å². The molecule has 27 heavy (non-hydrogen) atoms. The number of ether oxygens (including phenoxy) is 1. The van der Waals surface area contributed by atoms with Crippen LogP contribution in [0.4, 0.5) is 8.78 Å². The molecule has 1 amide bonds. The van der Waals surface area contributed by atoms with Crippen LogP contribution >= 0.6 is 0 Å². The molecule has 0 radical (unpaired) electrons. The van der Waals surface area contributed by atoms with Crippen LogP contribution < -0.4 is 5.32 Å². The normalized spacial score (nSPS) is 16.7. The van der Waals surface area contributed by atoms with Crippen LogP contribution in [-0.4, -0.2) is 35.0 Å². The first-order chi connectivity index (χ1) is 12.9. The number of aromatic nitrogens is 2. The van der Waals surface area contributed by atoms with Crippen molar-refractivity contribution >= 4 is 11.9 Å². The number of benzene rings is 1. The summed E-state index contributed by atoms with van der Waals surface area (Å²) >= 11 is 0. The summed E-state index contributed by atoms with van der Waals surface area (Å²) in [4.78, 5) is 27.7. The van der Waals surface area contributed by atoms with Crippen LogP contribution in [0.1, 0.15) is 64.0 Å². The minimum absolute atomic E-state index is 0.0213. The van der Waals surface area contributed by atoms with Gasteiger partial charge in [-0.3, -0.25) is 4.79 Å². The highest BCUT2D eigenvalue weighted by molar-refractivity contribution is 5.96. The van der Waals surface area contributed by atoms with Crippen molar-refractivity contribution in [1.29, 1.82) is 0 Å². The summed E-state index contributed by atoms with van der Waals surface area (Å²) in [7, 11) is 1.28. The molecule has 1 fully saturated rings. The Hall–Kier alpha value is -2.84. The lowest BCUT2D eigenvalue weighted by Crippen LogP contribution is -2.24. The zero-order valence-electron chi connectivity index (χ0n) is 14.7. The van der Waals surface area contributed by atoms with Crippen LogP contribution in [0.15, 0.2) is 28.8 Å². The van der Waals surface area contributed by atoms with E-state index in [1.807, 2.05) is 0 Å². The lowest BCUT2D eigenvalue weighted by atomic mass is 9.86. The van der Waals surface area contributed by atoms with Crippen molar-refractivity contribution in [2.45, 2.75) is 44.1 Å². The molecule has 0 saturated heterocycles. The highest BCUT2D eigenvalue weighted by Crippen LogP contribution is 2.39. The van der Waals surface area contributed by atoms with E-state index in [4.69, 9.17) is 4.52 Å². The highest BCUT2D eigenvalue weighted by atomic mass is 19.3. The summed E-state index contributed by atoms with van der Waals surface area (Å²) in [5, 5.41) is 6.48. The van der Waals surface area contributed by atoms with Gasteiger partial charge in [-0.2, -0.15) is 4.98 Å². The Balaban J connectivity index is 1.54. The molecule has 1 saturated carbocycles. The van der Waals surface area contributed by atoms with Crippen molar-refractivity contribution in [3.05, 3.63) is 47.1 Å². The number of alkyl halides is 2. The summed E-state index contributed by atoms with van der Waals surface area (Å²) < 4.78 is 36.1. The van der Waals surface area contributed by atoms with Gasteiger partial charge in [0.15, 0.2) is 5.82 Å². The van der Waals surface area contributed by atoms with Crippen molar-refractivity contribution in [1.82, 2.24) is 15.5 Å². The number of hydrogen-bond acceptors (Lipinski definition) is 6. The summed E-state index contributed by atoms with van der Waals surface area (Å²) in [6.45, 7) is 0.0213. The second-order valence-electron chi connectivity index (χ2n) is 6.43. The van der Waals surface area contributed by atoms with E-state index in [0.717, 1.165) is 0 Å². The third-order valence-corrected chi connectivity index (χ3v) is 4.53. The van der Waals surface area contributed by atoms with Gasteiger partial charge in [0, 0.05) is 24.3 Å². The molecule has 1 N–H and O–H groups in total. The summed E-state index contributed by atoms with van der Waals surface area (Å²) in [6, 6.07) is 5.99. The predicted octanol–water partition coefficient (Wildman–Crippen LogP) is 3.08. The second-order valence-corrected chi connectivity index (χ2v) is 6.43. The molecular formula is C18H19F2N3O4. The van der Waals surface area contributed by atoms with Gasteiger partial charge in [0.25, 0.3) is 5.91 Å². The largest absolute Gasteiger partial charge is 0.465 e. The number of carbonyl (C=O) groups excluding carboxylic acids is 2. The molecule has 3 rings (SSSR count). The molecule has 144 valence electrons. The second kappa shape index (κ2) is 7.81. The van der Waals surface area contributed by atoms with E-state index in [2.05, 4.69) is 20.2 Å². The van der Waals surface area contributed by atoms with E-state index in [9.17, 15) is 18.4 Å². The van der Waals surface area contributed by atoms with Crippen LogP contribution in [0, 0.1) is 0 Å². The number of nitrogens with one attached hydrogen (secondary N) is 1. The fraction of sp³-hybridized carbons (Fsp3) is 0.444. The van der Waals surface area contributed by atoms with E-state index in [1.165, 1.54) is 31.4 Å². The molecule has 2 aromatic rings. The van der Waals surface area contributed by atoms with Crippen molar-refractivity contribution in [3.8, 4) is 0 Å². The standard InChI is InChI=1S/C18H19F2N3O4/c1-26-17(25)13-4-2-12(3-5-13)16(24)21-10-14-22-15(23-27-14)11-6-8-18(19,20)9-7-11/h2-5,11H,6-10H2,1H3,(H,21,24). The molecule has 0 spiro atoms. The van der Waals surface area contributed by atoms with Crippen molar-refractivity contribution in [2.75, 3.05) is 7.11 Å². The third-order valence-electron chi connectivity index (χ3n) is 4.53. The first-order valence-corrected chi connectivity index (χ1v) is 8.55.